The molecule has 1 aromatic rings. The van der Waals surface area contributed by atoms with Crippen LogP contribution in [0.25, 0.3) is 0 Å². The minimum atomic E-state index is -3.86. The van der Waals surface area contributed by atoms with Crippen LogP contribution in [0.5, 0.6) is 0 Å². The molecule has 0 aromatic heterocycles. The second-order valence-corrected chi connectivity index (χ2v) is 7.74. The van der Waals surface area contributed by atoms with Gasteiger partial charge in [-0.05, 0) is 43.9 Å². The number of carbonyl (C=O) groups excluding carboxylic acids is 1. The van der Waals surface area contributed by atoms with Crippen LogP contribution in [-0.4, -0.2) is 41.6 Å². The Morgan fingerprint density at radius 3 is 2.70 bits per heavy atom. The maximum absolute atomic E-state index is 12.5. The van der Waals surface area contributed by atoms with Gasteiger partial charge in [-0.3, -0.25) is 4.79 Å². The standard InChI is InChI=1S/C16H24N2O4S/c1-12-6-7-14(11-15(12)18(2)3)23(20,21)17-16(19)13-5-4-9-22-10-8-13/h6-7,11,13H,4-5,8-10H2,1-3H3,(H,17,19). The van der Waals surface area contributed by atoms with Gasteiger partial charge in [0.15, 0.2) is 0 Å². The Kier molecular flexibility index (Phi) is 5.64. The molecule has 1 fully saturated rings. The molecule has 2 rings (SSSR count). The number of carbonyl (C=O) groups is 1. The molecule has 0 bridgehead atoms. The molecule has 128 valence electrons. The van der Waals surface area contributed by atoms with Gasteiger partial charge in [0.05, 0.1) is 4.90 Å². The lowest BCUT2D eigenvalue weighted by Gasteiger charge is -2.18. The Morgan fingerprint density at radius 1 is 1.26 bits per heavy atom. The minimum Gasteiger partial charge on any atom is -0.381 e. The van der Waals surface area contributed by atoms with Gasteiger partial charge < -0.3 is 9.64 Å². The average Bonchev–Trinajstić information content (AvgIpc) is 2.75. The summed E-state index contributed by atoms with van der Waals surface area (Å²) in [5.74, 6) is -0.756. The van der Waals surface area contributed by atoms with Crippen LogP contribution in [0.2, 0.25) is 0 Å². The van der Waals surface area contributed by atoms with Gasteiger partial charge in [0.2, 0.25) is 5.91 Å². The summed E-state index contributed by atoms with van der Waals surface area (Å²) in [6, 6.07) is 4.85. The van der Waals surface area contributed by atoms with Gasteiger partial charge in [0.25, 0.3) is 10.0 Å². The summed E-state index contributed by atoms with van der Waals surface area (Å²) in [6.07, 6.45) is 1.98. The molecular weight excluding hydrogens is 316 g/mol. The van der Waals surface area contributed by atoms with Gasteiger partial charge in [-0.25, -0.2) is 13.1 Å². The monoisotopic (exact) mass is 340 g/mol. The first kappa shape index (κ1) is 17.7. The highest BCUT2D eigenvalue weighted by Gasteiger charge is 2.26. The Hall–Kier alpha value is -1.60. The summed E-state index contributed by atoms with van der Waals surface area (Å²) in [5.41, 5.74) is 1.78. The zero-order valence-electron chi connectivity index (χ0n) is 13.8. The lowest BCUT2D eigenvalue weighted by Crippen LogP contribution is -2.36. The largest absolute Gasteiger partial charge is 0.381 e. The van der Waals surface area contributed by atoms with Crippen LogP contribution in [0.4, 0.5) is 5.69 Å². The zero-order valence-corrected chi connectivity index (χ0v) is 14.6. The van der Waals surface area contributed by atoms with E-state index in [0.29, 0.717) is 26.1 Å². The van der Waals surface area contributed by atoms with Crippen LogP contribution in [0, 0.1) is 12.8 Å². The second-order valence-electron chi connectivity index (χ2n) is 6.05. The first-order valence-electron chi connectivity index (χ1n) is 7.73. The molecule has 1 amide bonds. The molecule has 1 N–H and O–H groups in total. The van der Waals surface area contributed by atoms with Crippen molar-refractivity contribution in [3.05, 3.63) is 23.8 Å². The van der Waals surface area contributed by atoms with Crippen molar-refractivity contribution in [1.29, 1.82) is 0 Å². The van der Waals surface area contributed by atoms with Gasteiger partial charge in [0, 0.05) is 38.9 Å². The van der Waals surface area contributed by atoms with Gasteiger partial charge in [-0.1, -0.05) is 6.07 Å². The molecule has 1 aliphatic rings. The van der Waals surface area contributed by atoms with Gasteiger partial charge in [-0.15, -0.1) is 0 Å². The molecule has 1 aromatic carbocycles. The molecule has 1 atom stereocenters. The van der Waals surface area contributed by atoms with Crippen LogP contribution in [-0.2, 0) is 19.6 Å². The van der Waals surface area contributed by atoms with Crippen LogP contribution in [0.3, 0.4) is 0 Å². The van der Waals surface area contributed by atoms with E-state index in [9.17, 15) is 13.2 Å². The first-order valence-corrected chi connectivity index (χ1v) is 9.22. The van der Waals surface area contributed by atoms with Crippen molar-refractivity contribution in [3.8, 4) is 0 Å². The third-order valence-corrected chi connectivity index (χ3v) is 5.37. The van der Waals surface area contributed by atoms with E-state index in [1.165, 1.54) is 6.07 Å². The number of benzene rings is 1. The molecule has 7 heteroatoms. The Bertz CT molecular complexity index is 663. The van der Waals surface area contributed by atoms with Gasteiger partial charge in [0.1, 0.15) is 0 Å². The first-order chi connectivity index (χ1) is 10.8. The van der Waals surface area contributed by atoms with E-state index in [4.69, 9.17) is 4.74 Å². The Balaban J connectivity index is 2.18. The number of nitrogens with one attached hydrogen (secondary N) is 1. The van der Waals surface area contributed by atoms with E-state index >= 15 is 0 Å². The highest BCUT2D eigenvalue weighted by molar-refractivity contribution is 7.90. The van der Waals surface area contributed by atoms with Crippen molar-refractivity contribution in [2.75, 3.05) is 32.2 Å². The summed E-state index contributed by atoms with van der Waals surface area (Å²) in [6.45, 7) is 3.03. The van der Waals surface area contributed by atoms with E-state index in [2.05, 4.69) is 4.72 Å². The number of hydrogen-bond donors (Lipinski definition) is 1. The van der Waals surface area contributed by atoms with E-state index < -0.39 is 15.9 Å². The predicted molar refractivity (Wildman–Crippen MR) is 89.0 cm³/mol. The number of hydrogen-bond acceptors (Lipinski definition) is 5. The van der Waals surface area contributed by atoms with E-state index in [-0.39, 0.29) is 10.8 Å². The normalized spacial score (nSPS) is 19.0. The summed E-state index contributed by atoms with van der Waals surface area (Å²) in [7, 11) is -0.160. The SMILES string of the molecule is Cc1ccc(S(=O)(=O)NC(=O)C2CCCOCC2)cc1N(C)C. The van der Waals surface area contributed by atoms with Gasteiger partial charge in [-0.2, -0.15) is 0 Å². The molecular formula is C16H24N2O4S. The van der Waals surface area contributed by atoms with Crippen LogP contribution in [0.1, 0.15) is 24.8 Å². The third-order valence-electron chi connectivity index (χ3n) is 4.03. The van der Waals surface area contributed by atoms with Crippen molar-refractivity contribution in [3.63, 3.8) is 0 Å². The van der Waals surface area contributed by atoms with Crippen molar-refractivity contribution in [2.24, 2.45) is 5.92 Å². The highest BCUT2D eigenvalue weighted by Crippen LogP contribution is 2.23. The molecule has 23 heavy (non-hydrogen) atoms. The number of ether oxygens (including phenoxy) is 1. The number of sulfonamides is 1. The minimum absolute atomic E-state index is 0.102. The molecule has 0 saturated carbocycles. The highest BCUT2D eigenvalue weighted by atomic mass is 32.2. The fraction of sp³-hybridized carbons (Fsp3) is 0.562. The fourth-order valence-electron chi connectivity index (χ4n) is 2.68. The molecule has 1 aliphatic heterocycles. The maximum atomic E-state index is 12.5. The Labute approximate surface area is 137 Å². The average molecular weight is 340 g/mol. The summed E-state index contributed by atoms with van der Waals surface area (Å²) >= 11 is 0. The third kappa shape index (κ3) is 4.45. The lowest BCUT2D eigenvalue weighted by molar-refractivity contribution is -0.123. The van der Waals surface area contributed by atoms with Crippen molar-refractivity contribution >= 4 is 21.6 Å². The fourth-order valence-corrected chi connectivity index (χ4v) is 3.74. The second kappa shape index (κ2) is 7.31. The number of nitrogens with zero attached hydrogens (tertiary/aromatic N) is 1. The summed E-state index contributed by atoms with van der Waals surface area (Å²) < 4.78 is 32.5. The number of anilines is 1. The zero-order chi connectivity index (χ0) is 17.0. The van der Waals surface area contributed by atoms with Crippen molar-refractivity contribution in [2.45, 2.75) is 31.1 Å². The predicted octanol–water partition coefficient (Wildman–Crippen LogP) is 1.68. The number of aryl methyl sites for hydroxylation is 1. The van der Waals surface area contributed by atoms with E-state index in [1.807, 2.05) is 25.9 Å². The quantitative estimate of drug-likeness (QED) is 0.902. The van der Waals surface area contributed by atoms with E-state index in [0.717, 1.165) is 17.7 Å². The molecule has 0 spiro atoms. The molecule has 0 aliphatic carbocycles. The van der Waals surface area contributed by atoms with Crippen molar-refractivity contribution in [1.82, 2.24) is 4.72 Å². The summed E-state index contributed by atoms with van der Waals surface area (Å²) in [4.78, 5) is 14.2. The van der Waals surface area contributed by atoms with Crippen LogP contribution in [0.15, 0.2) is 23.1 Å². The molecule has 6 nitrogen and oxygen atoms in total. The van der Waals surface area contributed by atoms with E-state index in [1.54, 1.807) is 12.1 Å². The van der Waals surface area contributed by atoms with Crippen molar-refractivity contribution < 1.29 is 17.9 Å². The topological polar surface area (TPSA) is 75.7 Å². The lowest BCUT2D eigenvalue weighted by atomic mass is 10.0. The van der Waals surface area contributed by atoms with Gasteiger partial charge >= 0.3 is 0 Å². The maximum Gasteiger partial charge on any atom is 0.264 e. The molecule has 1 unspecified atom stereocenters. The molecule has 1 heterocycles. The smallest absolute Gasteiger partial charge is 0.264 e. The molecule has 0 radical (unpaired) electrons. The molecule has 1 saturated heterocycles. The summed E-state index contributed by atoms with van der Waals surface area (Å²) in [5, 5.41) is 0. The Morgan fingerprint density at radius 2 is 2.00 bits per heavy atom. The van der Waals surface area contributed by atoms with Crippen LogP contribution >= 0.6 is 0 Å². The van der Waals surface area contributed by atoms with Crippen LogP contribution < -0.4 is 9.62 Å². The number of rotatable bonds is 4. The number of amides is 1.